The Morgan fingerprint density at radius 2 is 1.22 bits per heavy atom. The minimum Gasteiger partial charge on any atom is -0.458 e. The van der Waals surface area contributed by atoms with Crippen LogP contribution in [0.2, 0.25) is 0 Å². The summed E-state index contributed by atoms with van der Waals surface area (Å²) >= 11 is 0. The van der Waals surface area contributed by atoms with Crippen molar-refractivity contribution in [3.8, 4) is 34.1 Å². The predicted molar refractivity (Wildman–Crippen MR) is 213 cm³/mol. The summed E-state index contributed by atoms with van der Waals surface area (Å²) in [6.07, 6.45) is 0. The number of para-hydroxylation sites is 2. The lowest BCUT2D eigenvalue weighted by molar-refractivity contribution is 0.464. The molecule has 2 heterocycles. The van der Waals surface area contributed by atoms with Crippen LogP contribution < -0.4 is 30.8 Å². The minimum atomic E-state index is -0.222. The van der Waals surface area contributed by atoms with Gasteiger partial charge in [-0.2, -0.15) is 0 Å². The van der Waals surface area contributed by atoms with Gasteiger partial charge in [-0.15, -0.1) is 0 Å². The van der Waals surface area contributed by atoms with E-state index in [0.29, 0.717) is 0 Å². The van der Waals surface area contributed by atoms with E-state index in [2.05, 4.69) is 173 Å². The number of fused-ring (bicyclic) bond motifs is 9. The van der Waals surface area contributed by atoms with Crippen LogP contribution >= 0.6 is 0 Å². The Kier molecular flexibility index (Phi) is 6.28. The molecule has 4 heteroatoms. The van der Waals surface area contributed by atoms with E-state index in [1.807, 2.05) is 6.07 Å². The van der Waals surface area contributed by atoms with Crippen molar-refractivity contribution in [1.82, 2.24) is 0 Å². The van der Waals surface area contributed by atoms with Gasteiger partial charge in [-0.3, -0.25) is 0 Å². The molecular formula is C47H38BNO2. The number of ether oxygens (including phenoxy) is 2. The highest BCUT2D eigenvalue weighted by atomic mass is 16.5. The highest BCUT2D eigenvalue weighted by Gasteiger charge is 2.44. The summed E-state index contributed by atoms with van der Waals surface area (Å²) in [5, 5.41) is 2.52. The molecule has 10 rings (SSSR count). The molecule has 51 heavy (non-hydrogen) atoms. The van der Waals surface area contributed by atoms with Crippen molar-refractivity contribution in [2.24, 2.45) is 0 Å². The molecule has 0 bridgehead atoms. The molecule has 0 radical (unpaired) electrons. The first-order chi connectivity index (χ1) is 24.7. The molecule has 0 N–H and O–H groups in total. The van der Waals surface area contributed by atoms with Crippen LogP contribution in [-0.4, -0.2) is 6.71 Å². The van der Waals surface area contributed by atoms with Gasteiger partial charge in [-0.1, -0.05) is 113 Å². The van der Waals surface area contributed by atoms with Crippen LogP contribution in [0.5, 0.6) is 23.0 Å². The second kappa shape index (κ2) is 10.6. The van der Waals surface area contributed by atoms with Crippen molar-refractivity contribution in [3.63, 3.8) is 0 Å². The molecule has 2 aliphatic heterocycles. The summed E-state index contributed by atoms with van der Waals surface area (Å²) in [6.45, 7) is 11.6. The highest BCUT2D eigenvalue weighted by Crippen LogP contribution is 2.53. The van der Waals surface area contributed by atoms with E-state index in [1.54, 1.807) is 0 Å². The van der Waals surface area contributed by atoms with Gasteiger partial charge in [0.05, 0.1) is 0 Å². The summed E-state index contributed by atoms with van der Waals surface area (Å²) < 4.78 is 13.3. The van der Waals surface area contributed by atoms with Crippen LogP contribution in [0.1, 0.15) is 51.3 Å². The quantitative estimate of drug-likeness (QED) is 0.176. The van der Waals surface area contributed by atoms with Crippen molar-refractivity contribution in [3.05, 3.63) is 156 Å². The fraction of sp³-hybridized carbons (Fsp3) is 0.149. The molecule has 3 aliphatic rings. The van der Waals surface area contributed by atoms with Gasteiger partial charge >= 0.3 is 0 Å². The number of rotatable bonds is 3. The summed E-state index contributed by atoms with van der Waals surface area (Å²) in [4.78, 5) is 2.33. The van der Waals surface area contributed by atoms with Crippen molar-refractivity contribution in [2.75, 3.05) is 4.90 Å². The van der Waals surface area contributed by atoms with Crippen molar-refractivity contribution >= 4 is 50.9 Å². The molecule has 7 aromatic carbocycles. The van der Waals surface area contributed by atoms with E-state index in [4.69, 9.17) is 9.47 Å². The second-order valence-electron chi connectivity index (χ2n) is 15.8. The normalized spacial score (nSPS) is 14.4. The van der Waals surface area contributed by atoms with Gasteiger partial charge in [0.1, 0.15) is 23.0 Å². The zero-order valence-electron chi connectivity index (χ0n) is 29.6. The van der Waals surface area contributed by atoms with Gasteiger partial charge in [0.25, 0.3) is 6.71 Å². The second-order valence-corrected chi connectivity index (χ2v) is 15.8. The number of hydrogen-bond donors (Lipinski definition) is 0. The number of nitrogens with zero attached hydrogens (tertiary/aromatic N) is 1. The molecule has 7 aromatic rings. The summed E-state index contributed by atoms with van der Waals surface area (Å²) in [5.74, 6) is 3.61. The summed E-state index contributed by atoms with van der Waals surface area (Å²) in [5.41, 5.74) is 13.3. The third-order valence-corrected chi connectivity index (χ3v) is 11.3. The Bertz CT molecular complexity index is 2510. The molecule has 0 saturated heterocycles. The average Bonchev–Trinajstić information content (AvgIpc) is 3.36. The van der Waals surface area contributed by atoms with Gasteiger partial charge in [0.2, 0.25) is 0 Å². The predicted octanol–water partition coefficient (Wildman–Crippen LogP) is 10.6. The van der Waals surface area contributed by atoms with E-state index >= 15 is 0 Å². The fourth-order valence-electron chi connectivity index (χ4n) is 8.78. The standard InChI is InChI=1S/C47H38BNO2/c1-46(2,3)30-20-24-40-38(26-30)48-39-28-37-36(27-43(39)51-42-18-12-17-41(50-40)45(42)48)35-22-19-29-25-33(21-23-34(29)44(35)47(37,4)5)49(31-13-8-6-9-14-31)32-15-10-7-11-16-32/h6-28H,1-5H3. The molecule has 0 amide bonds. The van der Waals surface area contributed by atoms with E-state index in [1.165, 1.54) is 49.5 Å². The van der Waals surface area contributed by atoms with E-state index in [9.17, 15) is 0 Å². The molecule has 0 atom stereocenters. The lowest BCUT2D eigenvalue weighted by atomic mass is 9.34. The Morgan fingerprint density at radius 1 is 0.549 bits per heavy atom. The maximum Gasteiger partial charge on any atom is 0.260 e. The smallest absolute Gasteiger partial charge is 0.260 e. The molecule has 0 unspecified atom stereocenters. The maximum absolute atomic E-state index is 6.77. The fourth-order valence-corrected chi connectivity index (χ4v) is 8.78. The zero-order chi connectivity index (χ0) is 34.6. The topological polar surface area (TPSA) is 21.7 Å². The minimum absolute atomic E-state index is 0.0184. The first-order valence-corrected chi connectivity index (χ1v) is 18.0. The van der Waals surface area contributed by atoms with Crippen LogP contribution in [-0.2, 0) is 10.8 Å². The van der Waals surface area contributed by atoms with Gasteiger partial charge in [0, 0.05) is 27.9 Å². The van der Waals surface area contributed by atoms with Crippen molar-refractivity contribution in [1.29, 1.82) is 0 Å². The SMILES string of the molecule is CC(C)(C)c1ccc2c(c1)B1c3cc4c(cc3Oc3cccc(c31)O2)-c1ccc2cc(N(c3ccccc3)c3ccccc3)ccc2c1C4(C)C. The van der Waals surface area contributed by atoms with Gasteiger partial charge < -0.3 is 14.4 Å². The lowest BCUT2D eigenvalue weighted by Gasteiger charge is -2.34. The highest BCUT2D eigenvalue weighted by molar-refractivity contribution is 6.98. The third kappa shape index (κ3) is 4.45. The molecule has 0 fully saturated rings. The Labute approximate surface area is 300 Å². The average molecular weight is 660 g/mol. The molecule has 3 nitrogen and oxygen atoms in total. The van der Waals surface area contributed by atoms with Crippen LogP contribution in [0, 0.1) is 0 Å². The molecule has 1 aliphatic carbocycles. The number of hydrogen-bond acceptors (Lipinski definition) is 3. The van der Waals surface area contributed by atoms with Gasteiger partial charge in [0.15, 0.2) is 0 Å². The van der Waals surface area contributed by atoms with E-state index in [0.717, 1.165) is 45.5 Å². The maximum atomic E-state index is 6.77. The van der Waals surface area contributed by atoms with Gasteiger partial charge in [-0.05, 0) is 116 Å². The molecule has 0 aromatic heterocycles. The van der Waals surface area contributed by atoms with E-state index < -0.39 is 0 Å². The molecule has 0 spiro atoms. The van der Waals surface area contributed by atoms with Crippen LogP contribution in [0.4, 0.5) is 17.1 Å². The van der Waals surface area contributed by atoms with Crippen LogP contribution in [0.3, 0.4) is 0 Å². The van der Waals surface area contributed by atoms with E-state index in [-0.39, 0.29) is 17.5 Å². The third-order valence-electron chi connectivity index (χ3n) is 11.3. The number of anilines is 3. The molecular weight excluding hydrogens is 621 g/mol. The molecule has 0 saturated carbocycles. The van der Waals surface area contributed by atoms with Crippen LogP contribution in [0.15, 0.2) is 140 Å². The van der Waals surface area contributed by atoms with Gasteiger partial charge in [-0.25, -0.2) is 0 Å². The first-order valence-electron chi connectivity index (χ1n) is 18.0. The molecule has 246 valence electrons. The Balaban J connectivity index is 1.13. The van der Waals surface area contributed by atoms with Crippen LogP contribution in [0.25, 0.3) is 21.9 Å². The monoisotopic (exact) mass is 659 g/mol. The summed E-state index contributed by atoms with van der Waals surface area (Å²) in [7, 11) is 0. The van der Waals surface area contributed by atoms with Crippen molar-refractivity contribution in [2.45, 2.75) is 45.4 Å². The lowest BCUT2D eigenvalue weighted by Crippen LogP contribution is -2.57. The zero-order valence-corrected chi connectivity index (χ0v) is 29.6. The van der Waals surface area contributed by atoms with Crippen molar-refractivity contribution < 1.29 is 9.47 Å². The number of benzene rings is 7. The Morgan fingerprint density at radius 3 is 1.90 bits per heavy atom. The Hall–Kier alpha value is -5.74. The first kappa shape index (κ1) is 30.1. The largest absolute Gasteiger partial charge is 0.458 e. The summed E-state index contributed by atoms with van der Waals surface area (Å²) in [6, 6.07) is 50.5.